The molecule has 3 aromatic heterocycles. The zero-order valence-electron chi connectivity index (χ0n) is 34.7. The predicted molar refractivity (Wildman–Crippen MR) is 239 cm³/mol. The lowest BCUT2D eigenvalue weighted by molar-refractivity contribution is -0.137. The number of anilines is 1. The Morgan fingerprint density at radius 2 is 1.61 bits per heavy atom. The number of likely N-dealkylation sites (N-methyl/N-ethyl adjacent to an activating group) is 1. The molecular formula is C48H47ClFN7O5. The summed E-state index contributed by atoms with van der Waals surface area (Å²) in [5.74, 6) is 1.30. The van der Waals surface area contributed by atoms with Crippen LogP contribution in [0.25, 0.3) is 39.5 Å². The lowest BCUT2D eigenvalue weighted by Gasteiger charge is -2.32. The zero-order chi connectivity index (χ0) is 43.2. The number of imidazole rings is 1. The van der Waals surface area contributed by atoms with Crippen LogP contribution in [0.1, 0.15) is 16.8 Å². The molecule has 0 aliphatic carbocycles. The normalized spacial score (nSPS) is 13.8. The Hall–Kier alpha value is -6.54. The molecule has 0 radical (unpaired) electrons. The van der Waals surface area contributed by atoms with E-state index in [1.165, 1.54) is 12.1 Å². The number of nitrogens with zero attached hydrogens (tertiary/aromatic N) is 6. The van der Waals surface area contributed by atoms with Crippen LogP contribution in [0.2, 0.25) is 5.02 Å². The fourth-order valence-electron chi connectivity index (χ4n) is 7.65. The van der Waals surface area contributed by atoms with Crippen molar-refractivity contribution in [3.63, 3.8) is 0 Å². The first-order valence-corrected chi connectivity index (χ1v) is 20.8. The lowest BCUT2D eigenvalue weighted by Crippen LogP contribution is -2.45. The number of piperazine rings is 1. The summed E-state index contributed by atoms with van der Waals surface area (Å²) in [6, 6.07) is 31.0. The molecule has 318 valence electrons. The van der Waals surface area contributed by atoms with Gasteiger partial charge in [-0.15, -0.1) is 0 Å². The van der Waals surface area contributed by atoms with Crippen LogP contribution in [-0.2, 0) is 17.8 Å². The first-order valence-electron chi connectivity index (χ1n) is 20.4. The standard InChI is InChI=1S/C48H47ClFN7O5/c1-31-36(19-20-41(44(31)49)61-28-27-56-25-23-55(2)24-26-56)46-45(32-15-17-34(50)18-16-32)54-43-14-8-13-42(57(43)46)53-38(48(58)59)29-33-9-4-6-11-39(33)62-30-35-21-22-51-47(52-35)37-10-5-7-12-40(37)60-3/h4-22,38,53H,23-30H2,1-3H3,(H,58,59)/t38-/m0/s1. The number of carboxylic acids is 1. The van der Waals surface area contributed by atoms with Gasteiger partial charge in [-0.2, -0.15) is 0 Å². The topological polar surface area (TPSA) is 127 Å². The quantitative estimate of drug-likeness (QED) is 0.0972. The number of fused-ring (bicyclic) bond motifs is 1. The second-order valence-electron chi connectivity index (χ2n) is 15.2. The summed E-state index contributed by atoms with van der Waals surface area (Å²) in [6.45, 7) is 7.35. The van der Waals surface area contributed by atoms with Crippen LogP contribution in [-0.4, -0.2) is 99.8 Å². The first kappa shape index (κ1) is 42.2. The second kappa shape index (κ2) is 19.0. The summed E-state index contributed by atoms with van der Waals surface area (Å²) in [5, 5.41) is 14.5. The number of benzene rings is 4. The molecule has 8 rings (SSSR count). The van der Waals surface area contributed by atoms with Crippen LogP contribution in [0.3, 0.4) is 0 Å². The van der Waals surface area contributed by atoms with Crippen molar-refractivity contribution in [1.82, 2.24) is 29.2 Å². The van der Waals surface area contributed by atoms with Crippen molar-refractivity contribution in [3.8, 4) is 51.2 Å². The van der Waals surface area contributed by atoms with Gasteiger partial charge in [-0.25, -0.2) is 24.1 Å². The smallest absolute Gasteiger partial charge is 0.326 e. The lowest BCUT2D eigenvalue weighted by atomic mass is 10.00. The molecule has 12 nitrogen and oxygen atoms in total. The van der Waals surface area contributed by atoms with Gasteiger partial charge in [0.1, 0.15) is 53.8 Å². The molecular weight excluding hydrogens is 809 g/mol. The fraction of sp³-hybridized carbons (Fsp3) is 0.250. The monoisotopic (exact) mass is 855 g/mol. The minimum absolute atomic E-state index is 0.0814. The minimum atomic E-state index is -1.09. The van der Waals surface area contributed by atoms with Gasteiger partial charge >= 0.3 is 5.97 Å². The molecule has 2 N–H and O–H groups in total. The van der Waals surface area contributed by atoms with Crippen molar-refractivity contribution in [3.05, 3.63) is 143 Å². The SMILES string of the molecule is COc1ccccc1-c1nccc(COc2ccccc2C[C@H](Nc2cccc3nc(-c4ccc(F)cc4)c(-c4ccc(OCCN5CCN(C)CC5)c(Cl)c4C)n23)C(=O)O)n1. The Labute approximate surface area is 364 Å². The van der Waals surface area contributed by atoms with Crippen LogP contribution < -0.4 is 19.5 Å². The van der Waals surface area contributed by atoms with E-state index in [0.29, 0.717) is 74.4 Å². The van der Waals surface area contributed by atoms with Crippen molar-refractivity contribution >= 4 is 29.0 Å². The Kier molecular flexibility index (Phi) is 12.9. The minimum Gasteiger partial charge on any atom is -0.496 e. The maximum absolute atomic E-state index is 14.2. The molecule has 4 aromatic carbocycles. The largest absolute Gasteiger partial charge is 0.496 e. The predicted octanol–water partition coefficient (Wildman–Crippen LogP) is 8.55. The third-order valence-corrected chi connectivity index (χ3v) is 11.6. The van der Waals surface area contributed by atoms with E-state index < -0.39 is 12.0 Å². The fourth-order valence-corrected chi connectivity index (χ4v) is 7.87. The van der Waals surface area contributed by atoms with Gasteiger partial charge < -0.3 is 29.5 Å². The number of pyridine rings is 1. The molecule has 62 heavy (non-hydrogen) atoms. The van der Waals surface area contributed by atoms with E-state index in [4.69, 9.17) is 35.8 Å². The van der Waals surface area contributed by atoms with Crippen molar-refractivity contribution in [2.75, 3.05) is 58.8 Å². The van der Waals surface area contributed by atoms with E-state index in [1.54, 1.807) is 31.5 Å². The van der Waals surface area contributed by atoms with E-state index in [-0.39, 0.29) is 18.8 Å². The van der Waals surface area contributed by atoms with Gasteiger partial charge in [0.2, 0.25) is 0 Å². The highest BCUT2D eigenvalue weighted by atomic mass is 35.5. The number of para-hydroxylation sites is 2. The van der Waals surface area contributed by atoms with Gasteiger partial charge in [0, 0.05) is 56.5 Å². The van der Waals surface area contributed by atoms with Gasteiger partial charge in [0.25, 0.3) is 0 Å². The summed E-state index contributed by atoms with van der Waals surface area (Å²) in [6.07, 6.45) is 1.75. The summed E-state index contributed by atoms with van der Waals surface area (Å²) in [4.78, 5) is 32.0. The number of halogens is 2. The molecule has 0 spiro atoms. The molecule has 0 unspecified atom stereocenters. The Bertz CT molecular complexity index is 2690. The number of carboxylic acid groups (broad SMARTS) is 1. The van der Waals surface area contributed by atoms with E-state index in [9.17, 15) is 14.3 Å². The van der Waals surface area contributed by atoms with Gasteiger partial charge in [-0.05, 0) is 97.9 Å². The average Bonchev–Trinajstić information content (AvgIpc) is 3.68. The number of aliphatic carboxylic acids is 1. The van der Waals surface area contributed by atoms with Gasteiger partial charge in [-0.3, -0.25) is 9.30 Å². The van der Waals surface area contributed by atoms with E-state index >= 15 is 0 Å². The number of ether oxygens (including phenoxy) is 3. The number of carbonyl (C=O) groups is 1. The summed E-state index contributed by atoms with van der Waals surface area (Å²) < 4.78 is 34.1. The summed E-state index contributed by atoms with van der Waals surface area (Å²) >= 11 is 7.07. The molecule has 0 saturated carbocycles. The van der Waals surface area contributed by atoms with Crippen LogP contribution in [0.15, 0.2) is 115 Å². The van der Waals surface area contributed by atoms with Crippen LogP contribution in [0, 0.1) is 12.7 Å². The van der Waals surface area contributed by atoms with Gasteiger partial charge in [-0.1, -0.05) is 48.0 Å². The number of rotatable bonds is 16. The molecule has 1 aliphatic heterocycles. The number of hydrogen-bond acceptors (Lipinski definition) is 10. The van der Waals surface area contributed by atoms with E-state index in [2.05, 4.69) is 27.1 Å². The average molecular weight is 856 g/mol. The van der Waals surface area contributed by atoms with Crippen molar-refractivity contribution in [1.29, 1.82) is 0 Å². The third-order valence-electron chi connectivity index (χ3n) is 11.1. The van der Waals surface area contributed by atoms with Crippen molar-refractivity contribution in [2.24, 2.45) is 0 Å². The first-order chi connectivity index (χ1) is 30.2. The molecule has 1 atom stereocenters. The highest BCUT2D eigenvalue weighted by molar-refractivity contribution is 6.33. The molecule has 1 saturated heterocycles. The van der Waals surface area contributed by atoms with Gasteiger partial charge in [0.05, 0.1) is 34.8 Å². The van der Waals surface area contributed by atoms with Gasteiger partial charge in [0.15, 0.2) is 5.82 Å². The van der Waals surface area contributed by atoms with E-state index in [0.717, 1.165) is 49.4 Å². The molecule has 0 amide bonds. The molecule has 4 heterocycles. The Morgan fingerprint density at radius 1 is 0.855 bits per heavy atom. The maximum Gasteiger partial charge on any atom is 0.326 e. The number of nitrogens with one attached hydrogen (secondary N) is 1. The highest BCUT2D eigenvalue weighted by Crippen LogP contribution is 2.41. The molecule has 1 aliphatic rings. The maximum atomic E-state index is 14.2. The molecule has 1 fully saturated rings. The van der Waals surface area contributed by atoms with Crippen LogP contribution >= 0.6 is 11.6 Å². The van der Waals surface area contributed by atoms with Crippen LogP contribution in [0.5, 0.6) is 17.2 Å². The van der Waals surface area contributed by atoms with Crippen molar-refractivity contribution < 1.29 is 28.5 Å². The molecule has 7 aromatic rings. The van der Waals surface area contributed by atoms with Crippen LogP contribution in [0.4, 0.5) is 10.2 Å². The number of methoxy groups -OCH3 is 1. The zero-order valence-corrected chi connectivity index (χ0v) is 35.5. The third kappa shape index (κ3) is 9.35. The Morgan fingerprint density at radius 3 is 2.39 bits per heavy atom. The number of hydrogen-bond donors (Lipinski definition) is 2. The van der Waals surface area contributed by atoms with E-state index in [1.807, 2.05) is 90.2 Å². The number of aromatic nitrogens is 4. The summed E-state index contributed by atoms with van der Waals surface area (Å²) in [7, 11) is 3.73. The van der Waals surface area contributed by atoms with Crippen molar-refractivity contribution in [2.45, 2.75) is 26.0 Å². The summed E-state index contributed by atoms with van der Waals surface area (Å²) in [5.41, 5.74) is 6.05. The molecule has 14 heteroatoms. The second-order valence-corrected chi connectivity index (χ2v) is 15.5. The Balaban J connectivity index is 1.08. The molecule has 0 bridgehead atoms. The highest BCUT2D eigenvalue weighted by Gasteiger charge is 2.26.